The quantitative estimate of drug-likeness (QED) is 0.661. The van der Waals surface area contributed by atoms with Gasteiger partial charge in [0.2, 0.25) is 11.8 Å². The van der Waals surface area contributed by atoms with Crippen molar-refractivity contribution >= 4 is 34.6 Å². The molecular formula is C19H20N4O4. The lowest BCUT2D eigenvalue weighted by molar-refractivity contribution is -0.384. The maximum Gasteiger partial charge on any atom is 0.292 e. The van der Waals surface area contributed by atoms with E-state index in [1.807, 2.05) is 6.92 Å². The first-order chi connectivity index (χ1) is 12.9. The van der Waals surface area contributed by atoms with E-state index in [0.29, 0.717) is 17.1 Å². The Morgan fingerprint density at radius 3 is 2.67 bits per heavy atom. The molecule has 0 aliphatic carbocycles. The third kappa shape index (κ3) is 3.74. The molecule has 0 bridgehead atoms. The van der Waals surface area contributed by atoms with Crippen molar-refractivity contribution in [2.45, 2.75) is 19.4 Å². The van der Waals surface area contributed by atoms with E-state index < -0.39 is 4.92 Å². The molecule has 1 aliphatic heterocycles. The van der Waals surface area contributed by atoms with Gasteiger partial charge in [0.1, 0.15) is 5.69 Å². The van der Waals surface area contributed by atoms with Gasteiger partial charge in [0.15, 0.2) is 0 Å². The van der Waals surface area contributed by atoms with Gasteiger partial charge in [-0.25, -0.2) is 0 Å². The SMILES string of the molecule is CC1CC(=O)Nc2ccccc2N1C(=O)CN(C)c1ccccc1[N+](=O)[O-]. The predicted octanol–water partition coefficient (Wildman–Crippen LogP) is 2.79. The molecule has 1 unspecified atom stereocenters. The molecule has 0 saturated heterocycles. The third-order valence-corrected chi connectivity index (χ3v) is 4.49. The molecule has 0 saturated carbocycles. The van der Waals surface area contributed by atoms with Gasteiger partial charge < -0.3 is 15.1 Å². The minimum Gasteiger partial charge on any atom is -0.360 e. The van der Waals surface area contributed by atoms with Crippen molar-refractivity contribution < 1.29 is 14.5 Å². The van der Waals surface area contributed by atoms with Gasteiger partial charge >= 0.3 is 0 Å². The topological polar surface area (TPSA) is 95.8 Å². The Morgan fingerprint density at radius 1 is 1.26 bits per heavy atom. The highest BCUT2D eigenvalue weighted by molar-refractivity contribution is 6.05. The number of benzene rings is 2. The Balaban J connectivity index is 1.89. The maximum atomic E-state index is 13.1. The number of carbonyl (C=O) groups is 2. The molecule has 2 aromatic carbocycles. The zero-order valence-corrected chi connectivity index (χ0v) is 15.1. The number of hydrogen-bond donors (Lipinski definition) is 1. The number of hydrogen-bond acceptors (Lipinski definition) is 5. The molecule has 1 heterocycles. The molecule has 1 aliphatic rings. The van der Waals surface area contributed by atoms with Crippen LogP contribution in [0.25, 0.3) is 0 Å². The van der Waals surface area contributed by atoms with Crippen molar-refractivity contribution in [3.05, 3.63) is 58.6 Å². The summed E-state index contributed by atoms with van der Waals surface area (Å²) < 4.78 is 0. The van der Waals surface area contributed by atoms with Crippen molar-refractivity contribution in [2.24, 2.45) is 0 Å². The zero-order chi connectivity index (χ0) is 19.6. The average molecular weight is 368 g/mol. The number of nitrogens with zero attached hydrogens (tertiary/aromatic N) is 3. The highest BCUT2D eigenvalue weighted by atomic mass is 16.6. The zero-order valence-electron chi connectivity index (χ0n) is 15.1. The van der Waals surface area contributed by atoms with E-state index in [-0.39, 0.29) is 36.5 Å². The minimum atomic E-state index is -0.469. The van der Waals surface area contributed by atoms with Crippen LogP contribution >= 0.6 is 0 Å². The summed E-state index contributed by atoms with van der Waals surface area (Å²) in [7, 11) is 1.64. The Labute approximate surface area is 156 Å². The number of nitrogens with one attached hydrogen (secondary N) is 1. The fourth-order valence-corrected chi connectivity index (χ4v) is 3.27. The van der Waals surface area contributed by atoms with E-state index in [1.54, 1.807) is 59.3 Å². The van der Waals surface area contributed by atoms with Crippen LogP contribution in [-0.2, 0) is 9.59 Å². The molecule has 0 spiro atoms. The molecule has 8 nitrogen and oxygen atoms in total. The highest BCUT2D eigenvalue weighted by Gasteiger charge is 2.30. The lowest BCUT2D eigenvalue weighted by Crippen LogP contribution is -2.44. The largest absolute Gasteiger partial charge is 0.360 e. The van der Waals surface area contributed by atoms with Crippen molar-refractivity contribution in [1.82, 2.24) is 0 Å². The fraction of sp³-hybridized carbons (Fsp3) is 0.263. The lowest BCUT2D eigenvalue weighted by atomic mass is 10.1. The van der Waals surface area contributed by atoms with E-state index in [2.05, 4.69) is 5.32 Å². The van der Waals surface area contributed by atoms with Gasteiger partial charge in [0, 0.05) is 25.6 Å². The van der Waals surface area contributed by atoms with Crippen LogP contribution in [0.5, 0.6) is 0 Å². The first kappa shape index (κ1) is 18.4. The van der Waals surface area contributed by atoms with Crippen LogP contribution < -0.4 is 15.1 Å². The summed E-state index contributed by atoms with van der Waals surface area (Å²) >= 11 is 0. The Morgan fingerprint density at radius 2 is 1.93 bits per heavy atom. The molecular weight excluding hydrogens is 348 g/mol. The normalized spacial score (nSPS) is 16.1. The number of amides is 2. The van der Waals surface area contributed by atoms with E-state index >= 15 is 0 Å². The number of rotatable bonds is 4. The number of anilines is 3. The van der Waals surface area contributed by atoms with Crippen LogP contribution in [0, 0.1) is 10.1 Å². The van der Waals surface area contributed by atoms with Gasteiger partial charge in [0.05, 0.1) is 22.8 Å². The predicted molar refractivity (Wildman–Crippen MR) is 103 cm³/mol. The molecule has 8 heteroatoms. The third-order valence-electron chi connectivity index (χ3n) is 4.49. The maximum absolute atomic E-state index is 13.1. The summed E-state index contributed by atoms with van der Waals surface area (Å²) in [6.45, 7) is 1.75. The van der Waals surface area contributed by atoms with Gasteiger partial charge in [-0.2, -0.15) is 0 Å². The lowest BCUT2D eigenvalue weighted by Gasteiger charge is -2.30. The molecule has 1 N–H and O–H groups in total. The Kier molecular flexibility index (Phi) is 5.07. The molecule has 2 aromatic rings. The number of nitro benzene ring substituents is 1. The summed E-state index contributed by atoms with van der Waals surface area (Å²) in [5.74, 6) is -0.399. The average Bonchev–Trinajstić information content (AvgIpc) is 2.75. The summed E-state index contributed by atoms with van der Waals surface area (Å²) in [5, 5.41) is 14.1. The second kappa shape index (κ2) is 7.45. The van der Waals surface area contributed by atoms with Crippen LogP contribution in [0.1, 0.15) is 13.3 Å². The van der Waals surface area contributed by atoms with Crippen LogP contribution in [0.15, 0.2) is 48.5 Å². The molecule has 1 atom stereocenters. The van der Waals surface area contributed by atoms with Crippen molar-refractivity contribution in [1.29, 1.82) is 0 Å². The van der Waals surface area contributed by atoms with Gasteiger partial charge in [-0.15, -0.1) is 0 Å². The van der Waals surface area contributed by atoms with Crippen LogP contribution in [0.2, 0.25) is 0 Å². The number of carbonyl (C=O) groups excluding carboxylic acids is 2. The number of likely N-dealkylation sites (N-methyl/N-ethyl adjacent to an activating group) is 1. The highest BCUT2D eigenvalue weighted by Crippen LogP contribution is 2.32. The second-order valence-corrected chi connectivity index (χ2v) is 6.48. The fourth-order valence-electron chi connectivity index (χ4n) is 3.27. The molecule has 27 heavy (non-hydrogen) atoms. The van der Waals surface area contributed by atoms with Crippen LogP contribution in [0.3, 0.4) is 0 Å². The van der Waals surface area contributed by atoms with Crippen LogP contribution in [0.4, 0.5) is 22.7 Å². The second-order valence-electron chi connectivity index (χ2n) is 6.48. The van der Waals surface area contributed by atoms with Gasteiger partial charge in [-0.3, -0.25) is 19.7 Å². The summed E-state index contributed by atoms with van der Waals surface area (Å²) in [5.41, 5.74) is 1.50. The summed E-state index contributed by atoms with van der Waals surface area (Å²) in [6.07, 6.45) is 0.176. The minimum absolute atomic E-state index is 0.0578. The number of nitro groups is 1. The first-order valence-electron chi connectivity index (χ1n) is 8.54. The van der Waals surface area contributed by atoms with Gasteiger partial charge in [0.25, 0.3) is 5.69 Å². The van der Waals surface area contributed by atoms with E-state index in [1.165, 1.54) is 6.07 Å². The molecule has 140 valence electrons. The Bertz CT molecular complexity index is 899. The van der Waals surface area contributed by atoms with Gasteiger partial charge in [-0.1, -0.05) is 24.3 Å². The number of para-hydroxylation sites is 4. The molecule has 3 rings (SSSR count). The molecule has 0 aromatic heterocycles. The smallest absolute Gasteiger partial charge is 0.292 e. The van der Waals surface area contributed by atoms with E-state index in [0.717, 1.165) is 0 Å². The molecule has 0 fully saturated rings. The van der Waals surface area contributed by atoms with Crippen LogP contribution in [-0.4, -0.2) is 36.4 Å². The van der Waals surface area contributed by atoms with Crippen molar-refractivity contribution in [3.8, 4) is 0 Å². The van der Waals surface area contributed by atoms with E-state index in [9.17, 15) is 19.7 Å². The molecule has 2 amide bonds. The standard InChI is InChI=1S/C19H20N4O4/c1-13-11-18(24)20-14-7-3-4-8-15(14)22(13)19(25)12-21(2)16-9-5-6-10-17(16)23(26)27/h3-10,13H,11-12H2,1-2H3,(H,20,24). The summed E-state index contributed by atoms with van der Waals surface area (Å²) in [6, 6.07) is 13.1. The first-order valence-corrected chi connectivity index (χ1v) is 8.54. The van der Waals surface area contributed by atoms with Gasteiger partial charge in [-0.05, 0) is 25.1 Å². The van der Waals surface area contributed by atoms with Crippen molar-refractivity contribution in [3.63, 3.8) is 0 Å². The van der Waals surface area contributed by atoms with E-state index in [4.69, 9.17) is 0 Å². The number of fused-ring (bicyclic) bond motifs is 1. The summed E-state index contributed by atoms with van der Waals surface area (Å²) in [4.78, 5) is 39.0. The Hall–Kier alpha value is -3.42. The van der Waals surface area contributed by atoms with Crippen molar-refractivity contribution in [2.75, 3.05) is 28.7 Å². The monoisotopic (exact) mass is 368 g/mol. The molecule has 0 radical (unpaired) electrons.